The summed E-state index contributed by atoms with van der Waals surface area (Å²) < 4.78 is 1.15. The van der Waals surface area contributed by atoms with E-state index >= 15 is 0 Å². The third-order valence-corrected chi connectivity index (χ3v) is 4.23. The quantitative estimate of drug-likeness (QED) is 0.937. The summed E-state index contributed by atoms with van der Waals surface area (Å²) in [6, 6.07) is 6.29. The molecule has 2 aromatic rings. The smallest absolute Gasteiger partial charge is 0.0324 e. The van der Waals surface area contributed by atoms with Gasteiger partial charge in [0.05, 0.1) is 0 Å². The van der Waals surface area contributed by atoms with Crippen LogP contribution in [0.3, 0.4) is 0 Å². The summed E-state index contributed by atoms with van der Waals surface area (Å²) in [5, 5.41) is 5.36. The van der Waals surface area contributed by atoms with Crippen LogP contribution in [0.5, 0.6) is 0 Å². The lowest BCUT2D eigenvalue weighted by atomic mass is 9.99. The maximum Gasteiger partial charge on any atom is 0.0324 e. The number of rotatable bonds is 4. The molecule has 0 aliphatic rings. The number of aromatic nitrogens is 1. The fourth-order valence-electron chi connectivity index (χ4n) is 1.68. The molecule has 0 saturated heterocycles. The third-order valence-electron chi connectivity index (χ3n) is 2.43. The molecule has 0 aliphatic heterocycles. The SMILES string of the molecule is CNCC(c1cccnc1)c1cc(Br)cs1. The van der Waals surface area contributed by atoms with E-state index in [1.54, 1.807) is 11.3 Å². The van der Waals surface area contributed by atoms with Crippen molar-refractivity contribution in [2.75, 3.05) is 13.6 Å². The fourth-order valence-corrected chi connectivity index (χ4v) is 3.25. The van der Waals surface area contributed by atoms with Gasteiger partial charge in [0.15, 0.2) is 0 Å². The van der Waals surface area contributed by atoms with E-state index in [1.807, 2.05) is 25.5 Å². The summed E-state index contributed by atoms with van der Waals surface area (Å²) in [6.45, 7) is 0.929. The Balaban J connectivity index is 2.31. The maximum absolute atomic E-state index is 4.19. The number of hydrogen-bond acceptors (Lipinski definition) is 3. The van der Waals surface area contributed by atoms with E-state index in [0.717, 1.165) is 11.0 Å². The summed E-state index contributed by atoms with van der Waals surface area (Å²) >= 11 is 5.28. The first-order chi connectivity index (χ1) is 7.81. The summed E-state index contributed by atoms with van der Waals surface area (Å²) in [6.07, 6.45) is 3.75. The Morgan fingerprint density at radius 2 is 2.44 bits per heavy atom. The lowest BCUT2D eigenvalue weighted by molar-refractivity contribution is 0.714. The lowest BCUT2D eigenvalue weighted by Crippen LogP contribution is -2.17. The monoisotopic (exact) mass is 296 g/mol. The Morgan fingerprint density at radius 3 is 3.00 bits per heavy atom. The van der Waals surface area contributed by atoms with E-state index < -0.39 is 0 Å². The average molecular weight is 297 g/mol. The van der Waals surface area contributed by atoms with Crippen LogP contribution < -0.4 is 5.32 Å². The van der Waals surface area contributed by atoms with Crippen molar-refractivity contribution in [1.82, 2.24) is 10.3 Å². The standard InChI is InChI=1S/C12H13BrN2S/c1-14-7-11(9-3-2-4-15-6-9)12-5-10(13)8-16-12/h2-6,8,11,14H,7H2,1H3. The number of likely N-dealkylation sites (N-methyl/N-ethyl adjacent to an activating group) is 1. The van der Waals surface area contributed by atoms with Crippen LogP contribution in [-0.2, 0) is 0 Å². The summed E-state index contributed by atoms with van der Waals surface area (Å²) in [4.78, 5) is 5.54. The predicted octanol–water partition coefficient (Wildman–Crippen LogP) is 3.26. The van der Waals surface area contributed by atoms with Crippen LogP contribution in [-0.4, -0.2) is 18.6 Å². The minimum atomic E-state index is 0.384. The minimum Gasteiger partial charge on any atom is -0.319 e. The first-order valence-corrected chi connectivity index (χ1v) is 6.77. The van der Waals surface area contributed by atoms with Crippen molar-refractivity contribution in [1.29, 1.82) is 0 Å². The topological polar surface area (TPSA) is 24.9 Å². The molecule has 2 aromatic heterocycles. The Bertz CT molecular complexity index is 441. The molecule has 1 atom stereocenters. The van der Waals surface area contributed by atoms with E-state index in [9.17, 15) is 0 Å². The van der Waals surface area contributed by atoms with Gasteiger partial charge in [0.25, 0.3) is 0 Å². The molecular formula is C12H13BrN2S. The minimum absolute atomic E-state index is 0.384. The molecule has 84 valence electrons. The predicted molar refractivity (Wildman–Crippen MR) is 72.0 cm³/mol. The normalized spacial score (nSPS) is 12.6. The van der Waals surface area contributed by atoms with Crippen molar-refractivity contribution in [2.45, 2.75) is 5.92 Å². The van der Waals surface area contributed by atoms with Crippen LogP contribution in [0.1, 0.15) is 16.4 Å². The van der Waals surface area contributed by atoms with Gasteiger partial charge in [0, 0.05) is 39.6 Å². The van der Waals surface area contributed by atoms with Gasteiger partial charge in [-0.05, 0) is 40.7 Å². The highest BCUT2D eigenvalue weighted by atomic mass is 79.9. The van der Waals surface area contributed by atoms with Gasteiger partial charge >= 0.3 is 0 Å². The molecule has 16 heavy (non-hydrogen) atoms. The molecule has 0 radical (unpaired) electrons. The highest BCUT2D eigenvalue weighted by Crippen LogP contribution is 2.30. The largest absolute Gasteiger partial charge is 0.319 e. The van der Waals surface area contributed by atoms with Crippen LogP contribution >= 0.6 is 27.3 Å². The molecule has 4 heteroatoms. The lowest BCUT2D eigenvalue weighted by Gasteiger charge is -2.14. The van der Waals surface area contributed by atoms with Crippen LogP contribution in [0.25, 0.3) is 0 Å². The van der Waals surface area contributed by atoms with E-state index in [0.29, 0.717) is 5.92 Å². The van der Waals surface area contributed by atoms with Gasteiger partial charge < -0.3 is 5.32 Å². The molecule has 0 saturated carbocycles. The first kappa shape index (κ1) is 11.8. The van der Waals surface area contributed by atoms with E-state index in [-0.39, 0.29) is 0 Å². The van der Waals surface area contributed by atoms with Gasteiger partial charge in [0.2, 0.25) is 0 Å². The van der Waals surface area contributed by atoms with Gasteiger partial charge in [-0.1, -0.05) is 6.07 Å². The Labute approximate surface area is 108 Å². The molecule has 0 amide bonds. The van der Waals surface area contributed by atoms with Gasteiger partial charge in [-0.25, -0.2) is 0 Å². The second kappa shape index (κ2) is 5.57. The van der Waals surface area contributed by atoms with Gasteiger partial charge in [-0.3, -0.25) is 4.98 Å². The van der Waals surface area contributed by atoms with Crippen molar-refractivity contribution in [2.24, 2.45) is 0 Å². The van der Waals surface area contributed by atoms with Gasteiger partial charge in [-0.15, -0.1) is 11.3 Å². The number of pyridine rings is 1. The third kappa shape index (κ3) is 2.70. The van der Waals surface area contributed by atoms with Crippen LogP contribution in [0.15, 0.2) is 40.4 Å². The number of nitrogens with one attached hydrogen (secondary N) is 1. The molecule has 0 aromatic carbocycles. The van der Waals surface area contributed by atoms with Crippen molar-refractivity contribution in [3.05, 3.63) is 50.9 Å². The second-order valence-electron chi connectivity index (χ2n) is 3.56. The van der Waals surface area contributed by atoms with Crippen molar-refractivity contribution in [3.63, 3.8) is 0 Å². The number of hydrogen-bond donors (Lipinski definition) is 1. The van der Waals surface area contributed by atoms with E-state index in [2.05, 4.69) is 43.7 Å². The Hall–Kier alpha value is -0.710. The Kier molecular flexibility index (Phi) is 4.09. The van der Waals surface area contributed by atoms with Crippen molar-refractivity contribution >= 4 is 27.3 Å². The summed E-state index contributed by atoms with van der Waals surface area (Å²) in [5.41, 5.74) is 1.26. The zero-order valence-electron chi connectivity index (χ0n) is 8.98. The van der Waals surface area contributed by atoms with Gasteiger partial charge in [-0.2, -0.15) is 0 Å². The molecule has 2 rings (SSSR count). The highest BCUT2D eigenvalue weighted by Gasteiger charge is 2.15. The van der Waals surface area contributed by atoms with Gasteiger partial charge in [0.1, 0.15) is 0 Å². The first-order valence-electron chi connectivity index (χ1n) is 5.09. The zero-order valence-corrected chi connectivity index (χ0v) is 11.4. The average Bonchev–Trinajstić information content (AvgIpc) is 2.74. The molecule has 0 spiro atoms. The molecule has 1 N–H and O–H groups in total. The van der Waals surface area contributed by atoms with Crippen molar-refractivity contribution in [3.8, 4) is 0 Å². The van der Waals surface area contributed by atoms with Crippen LogP contribution in [0, 0.1) is 0 Å². The Morgan fingerprint density at radius 1 is 1.56 bits per heavy atom. The molecule has 0 bridgehead atoms. The van der Waals surface area contributed by atoms with E-state index in [1.165, 1.54) is 10.4 Å². The molecular weight excluding hydrogens is 284 g/mol. The number of halogens is 1. The van der Waals surface area contributed by atoms with E-state index in [4.69, 9.17) is 0 Å². The maximum atomic E-state index is 4.19. The fraction of sp³-hybridized carbons (Fsp3) is 0.250. The van der Waals surface area contributed by atoms with Crippen LogP contribution in [0.4, 0.5) is 0 Å². The van der Waals surface area contributed by atoms with Crippen LogP contribution in [0.2, 0.25) is 0 Å². The molecule has 2 heterocycles. The number of nitrogens with zero attached hydrogens (tertiary/aromatic N) is 1. The summed E-state index contributed by atoms with van der Waals surface area (Å²) in [5.74, 6) is 0.384. The summed E-state index contributed by atoms with van der Waals surface area (Å²) in [7, 11) is 1.98. The second-order valence-corrected chi connectivity index (χ2v) is 5.42. The molecule has 0 aliphatic carbocycles. The highest BCUT2D eigenvalue weighted by molar-refractivity contribution is 9.10. The molecule has 0 fully saturated rings. The van der Waals surface area contributed by atoms with Crippen molar-refractivity contribution < 1.29 is 0 Å². The zero-order chi connectivity index (χ0) is 11.4. The molecule has 2 nitrogen and oxygen atoms in total. The molecule has 1 unspecified atom stereocenters. The number of thiophene rings is 1.